The molecule has 0 radical (unpaired) electrons. The SMILES string of the molecule is CCCCCCCCCCCCCCCC(OC(C)C)C(C)OC(C)C. The van der Waals surface area contributed by atoms with Crippen LogP contribution in [0.2, 0.25) is 0 Å². The fraction of sp³-hybridized carbons (Fsp3) is 1.00. The average Bonchev–Trinajstić information content (AvgIpc) is 2.57. The molecule has 2 atom stereocenters. The maximum Gasteiger partial charge on any atom is 0.0837 e. The summed E-state index contributed by atoms with van der Waals surface area (Å²) in [6.07, 6.45) is 20.4. The van der Waals surface area contributed by atoms with Gasteiger partial charge >= 0.3 is 0 Å². The highest BCUT2D eigenvalue weighted by Gasteiger charge is 2.20. The second-order valence-electron chi connectivity index (χ2n) is 8.64. The summed E-state index contributed by atoms with van der Waals surface area (Å²) in [5.41, 5.74) is 0. The van der Waals surface area contributed by atoms with E-state index in [1.54, 1.807) is 0 Å². The van der Waals surface area contributed by atoms with E-state index in [1.807, 2.05) is 0 Å². The minimum Gasteiger partial charge on any atom is -0.373 e. The quantitative estimate of drug-likeness (QED) is 0.214. The van der Waals surface area contributed by atoms with Crippen LogP contribution in [0.1, 0.15) is 131 Å². The lowest BCUT2D eigenvalue weighted by Gasteiger charge is -2.28. The summed E-state index contributed by atoms with van der Waals surface area (Å²) >= 11 is 0. The van der Waals surface area contributed by atoms with E-state index in [4.69, 9.17) is 9.47 Å². The Morgan fingerprint density at radius 1 is 0.500 bits per heavy atom. The largest absolute Gasteiger partial charge is 0.373 e. The van der Waals surface area contributed by atoms with Crippen LogP contribution in [0.15, 0.2) is 0 Å². The molecule has 0 aromatic rings. The van der Waals surface area contributed by atoms with Gasteiger partial charge < -0.3 is 9.47 Å². The van der Waals surface area contributed by atoms with Gasteiger partial charge in [-0.15, -0.1) is 0 Å². The Kier molecular flexibility index (Phi) is 18.2. The van der Waals surface area contributed by atoms with Crippen LogP contribution in [0.4, 0.5) is 0 Å². The second-order valence-corrected chi connectivity index (χ2v) is 8.64. The smallest absolute Gasteiger partial charge is 0.0837 e. The molecule has 0 spiro atoms. The molecule has 0 rings (SSSR count). The molecular formula is C24H50O2. The molecule has 0 aromatic carbocycles. The molecular weight excluding hydrogens is 320 g/mol. The molecule has 26 heavy (non-hydrogen) atoms. The lowest BCUT2D eigenvalue weighted by molar-refractivity contribution is -0.105. The lowest BCUT2D eigenvalue weighted by Crippen LogP contribution is -2.33. The third-order valence-electron chi connectivity index (χ3n) is 5.05. The van der Waals surface area contributed by atoms with E-state index in [-0.39, 0.29) is 24.4 Å². The zero-order valence-corrected chi connectivity index (χ0v) is 19.0. The summed E-state index contributed by atoms with van der Waals surface area (Å²) in [5.74, 6) is 0. The molecule has 0 amide bonds. The van der Waals surface area contributed by atoms with Crippen LogP contribution < -0.4 is 0 Å². The van der Waals surface area contributed by atoms with Crippen LogP contribution in [0.5, 0.6) is 0 Å². The Balaban J connectivity index is 3.57. The zero-order chi connectivity index (χ0) is 19.6. The van der Waals surface area contributed by atoms with Gasteiger partial charge in [-0.05, 0) is 41.0 Å². The summed E-state index contributed by atoms with van der Waals surface area (Å²) in [7, 11) is 0. The number of rotatable bonds is 19. The molecule has 0 aliphatic carbocycles. The first kappa shape index (κ1) is 25.9. The summed E-state index contributed by atoms with van der Waals surface area (Å²) < 4.78 is 12.0. The van der Waals surface area contributed by atoms with Crippen LogP contribution in [0, 0.1) is 0 Å². The molecule has 0 aliphatic heterocycles. The van der Waals surface area contributed by atoms with Gasteiger partial charge in [-0.3, -0.25) is 0 Å². The van der Waals surface area contributed by atoms with Gasteiger partial charge in [0.25, 0.3) is 0 Å². The molecule has 2 heteroatoms. The second kappa shape index (κ2) is 18.3. The average molecular weight is 371 g/mol. The highest BCUT2D eigenvalue weighted by Crippen LogP contribution is 2.18. The van der Waals surface area contributed by atoms with Crippen molar-refractivity contribution in [2.45, 2.75) is 156 Å². The fourth-order valence-electron chi connectivity index (χ4n) is 3.64. The van der Waals surface area contributed by atoms with E-state index < -0.39 is 0 Å². The van der Waals surface area contributed by atoms with Gasteiger partial charge in [0.05, 0.1) is 24.4 Å². The van der Waals surface area contributed by atoms with Crippen molar-refractivity contribution in [1.29, 1.82) is 0 Å². The van der Waals surface area contributed by atoms with E-state index in [0.29, 0.717) is 0 Å². The van der Waals surface area contributed by atoms with Crippen LogP contribution >= 0.6 is 0 Å². The van der Waals surface area contributed by atoms with Crippen molar-refractivity contribution in [3.8, 4) is 0 Å². The van der Waals surface area contributed by atoms with E-state index in [1.165, 1.54) is 83.5 Å². The Labute approximate surface area is 165 Å². The predicted molar refractivity (Wildman–Crippen MR) is 116 cm³/mol. The van der Waals surface area contributed by atoms with Crippen molar-refractivity contribution in [2.75, 3.05) is 0 Å². The maximum absolute atomic E-state index is 6.10. The third kappa shape index (κ3) is 17.3. The topological polar surface area (TPSA) is 18.5 Å². The summed E-state index contributed by atoms with van der Waals surface area (Å²) in [6.45, 7) is 12.9. The van der Waals surface area contributed by atoms with E-state index in [2.05, 4.69) is 41.5 Å². The Bertz CT molecular complexity index is 275. The zero-order valence-electron chi connectivity index (χ0n) is 19.0. The molecule has 0 N–H and O–H groups in total. The molecule has 0 saturated heterocycles. The first-order chi connectivity index (χ1) is 12.5. The highest BCUT2D eigenvalue weighted by molar-refractivity contribution is 4.69. The van der Waals surface area contributed by atoms with E-state index in [9.17, 15) is 0 Å². The van der Waals surface area contributed by atoms with Crippen molar-refractivity contribution >= 4 is 0 Å². The number of unbranched alkanes of at least 4 members (excludes halogenated alkanes) is 12. The van der Waals surface area contributed by atoms with Gasteiger partial charge in [0.15, 0.2) is 0 Å². The molecule has 2 nitrogen and oxygen atoms in total. The van der Waals surface area contributed by atoms with E-state index in [0.717, 1.165) is 6.42 Å². The standard InChI is InChI=1S/C24H50O2/c1-7-8-9-10-11-12-13-14-15-16-17-18-19-20-24(26-22(4)5)23(6)25-21(2)3/h21-24H,7-20H2,1-6H3. The van der Waals surface area contributed by atoms with Gasteiger partial charge in [0, 0.05) is 0 Å². The van der Waals surface area contributed by atoms with Crippen LogP contribution in [0.3, 0.4) is 0 Å². The minimum atomic E-state index is 0.190. The lowest BCUT2D eigenvalue weighted by atomic mass is 10.0. The normalized spacial score (nSPS) is 14.3. The first-order valence-electron chi connectivity index (χ1n) is 11.8. The third-order valence-corrected chi connectivity index (χ3v) is 5.05. The van der Waals surface area contributed by atoms with Gasteiger partial charge in [-0.2, -0.15) is 0 Å². The summed E-state index contributed by atoms with van der Waals surface area (Å²) in [5, 5.41) is 0. The summed E-state index contributed by atoms with van der Waals surface area (Å²) in [4.78, 5) is 0. The monoisotopic (exact) mass is 370 g/mol. The van der Waals surface area contributed by atoms with Gasteiger partial charge in [0.2, 0.25) is 0 Å². The molecule has 158 valence electrons. The minimum absolute atomic E-state index is 0.190. The van der Waals surface area contributed by atoms with Gasteiger partial charge in [-0.1, -0.05) is 90.4 Å². The number of hydrogen-bond donors (Lipinski definition) is 0. The molecule has 0 heterocycles. The number of hydrogen-bond acceptors (Lipinski definition) is 2. The van der Waals surface area contributed by atoms with Crippen LogP contribution in [-0.4, -0.2) is 24.4 Å². The van der Waals surface area contributed by atoms with Crippen molar-refractivity contribution in [2.24, 2.45) is 0 Å². The molecule has 2 unspecified atom stereocenters. The molecule has 0 saturated carbocycles. The molecule has 0 aromatic heterocycles. The van der Waals surface area contributed by atoms with Crippen LogP contribution in [0.25, 0.3) is 0 Å². The van der Waals surface area contributed by atoms with Crippen molar-refractivity contribution in [3.05, 3.63) is 0 Å². The maximum atomic E-state index is 6.10. The molecule has 0 bridgehead atoms. The van der Waals surface area contributed by atoms with Crippen molar-refractivity contribution in [3.63, 3.8) is 0 Å². The molecule has 0 fully saturated rings. The first-order valence-corrected chi connectivity index (χ1v) is 11.8. The van der Waals surface area contributed by atoms with Gasteiger partial charge in [-0.25, -0.2) is 0 Å². The Morgan fingerprint density at radius 3 is 1.27 bits per heavy atom. The van der Waals surface area contributed by atoms with Crippen molar-refractivity contribution < 1.29 is 9.47 Å². The molecule has 0 aliphatic rings. The van der Waals surface area contributed by atoms with Crippen LogP contribution in [-0.2, 0) is 9.47 Å². The number of ether oxygens (including phenoxy) is 2. The van der Waals surface area contributed by atoms with Gasteiger partial charge in [0.1, 0.15) is 0 Å². The predicted octanol–water partition coefficient (Wildman–Crippen LogP) is 8.07. The van der Waals surface area contributed by atoms with E-state index >= 15 is 0 Å². The Morgan fingerprint density at radius 2 is 0.885 bits per heavy atom. The summed E-state index contributed by atoms with van der Waals surface area (Å²) in [6, 6.07) is 0. The fourth-order valence-corrected chi connectivity index (χ4v) is 3.64. The van der Waals surface area contributed by atoms with Crippen molar-refractivity contribution in [1.82, 2.24) is 0 Å². The Hall–Kier alpha value is -0.0800. The highest BCUT2D eigenvalue weighted by atomic mass is 16.5.